The molecule has 1 aliphatic rings. The third kappa shape index (κ3) is 4.12. The second-order valence-corrected chi connectivity index (χ2v) is 9.24. The molecule has 1 aromatic heterocycles. The minimum atomic E-state index is -4.06. The highest BCUT2D eigenvalue weighted by molar-refractivity contribution is 7.89. The highest BCUT2D eigenvalue weighted by atomic mass is 32.2. The molecule has 0 spiro atoms. The average Bonchev–Trinajstić information content (AvgIpc) is 3.07. The van der Waals surface area contributed by atoms with Crippen LogP contribution < -0.4 is 4.90 Å². The molecule has 2 heterocycles. The first kappa shape index (κ1) is 20.9. The van der Waals surface area contributed by atoms with Crippen LogP contribution in [0, 0.1) is 6.92 Å². The van der Waals surface area contributed by atoms with Crippen LogP contribution in [0.2, 0.25) is 0 Å². The number of carbonyl (C=O) groups is 2. The van der Waals surface area contributed by atoms with E-state index in [1.54, 1.807) is 67.0 Å². The van der Waals surface area contributed by atoms with Gasteiger partial charge in [0.25, 0.3) is 5.91 Å². The van der Waals surface area contributed by atoms with E-state index in [0.29, 0.717) is 11.3 Å². The molecule has 158 valence electrons. The molecule has 0 saturated carbocycles. The smallest absolute Gasteiger partial charge is 0.252 e. The van der Waals surface area contributed by atoms with Gasteiger partial charge in [0.05, 0.1) is 17.0 Å². The second kappa shape index (κ2) is 8.41. The number of aromatic nitrogens is 1. The largest absolute Gasteiger partial charge is 0.274 e. The van der Waals surface area contributed by atoms with Gasteiger partial charge in [-0.1, -0.05) is 42.0 Å². The number of nitrogens with zero attached hydrogens (tertiary/aromatic N) is 3. The zero-order chi connectivity index (χ0) is 22.0. The Labute approximate surface area is 181 Å². The summed E-state index contributed by atoms with van der Waals surface area (Å²) in [6, 6.07) is 17.2. The first-order valence-corrected chi connectivity index (χ1v) is 11.2. The van der Waals surface area contributed by atoms with Crippen molar-refractivity contribution in [3.05, 3.63) is 90.3 Å². The number of pyridine rings is 1. The van der Waals surface area contributed by atoms with E-state index in [9.17, 15) is 18.0 Å². The van der Waals surface area contributed by atoms with Crippen LogP contribution >= 0.6 is 0 Å². The van der Waals surface area contributed by atoms with Gasteiger partial charge in [0.1, 0.15) is 6.04 Å². The van der Waals surface area contributed by atoms with E-state index < -0.39 is 27.9 Å². The lowest BCUT2D eigenvalue weighted by molar-refractivity contribution is -0.122. The summed E-state index contributed by atoms with van der Waals surface area (Å²) in [6.45, 7) is 1.79. The van der Waals surface area contributed by atoms with Gasteiger partial charge in [0.15, 0.2) is 0 Å². The Bertz CT molecular complexity index is 1200. The predicted molar refractivity (Wildman–Crippen MR) is 115 cm³/mol. The van der Waals surface area contributed by atoms with Crippen molar-refractivity contribution in [3.63, 3.8) is 0 Å². The maximum absolute atomic E-state index is 13.6. The number of hydrogen-bond acceptors (Lipinski definition) is 5. The number of imide groups is 1. The molecule has 1 aliphatic heterocycles. The van der Waals surface area contributed by atoms with E-state index in [2.05, 4.69) is 4.98 Å². The van der Waals surface area contributed by atoms with Crippen LogP contribution in [-0.4, -0.2) is 35.6 Å². The minimum absolute atomic E-state index is 0.0698. The molecule has 1 unspecified atom stereocenters. The molecule has 3 aromatic rings. The van der Waals surface area contributed by atoms with Crippen molar-refractivity contribution in [3.8, 4) is 0 Å². The molecule has 0 bridgehead atoms. The van der Waals surface area contributed by atoms with Crippen molar-refractivity contribution < 1.29 is 18.0 Å². The monoisotopic (exact) mass is 435 g/mol. The fourth-order valence-electron chi connectivity index (χ4n) is 3.57. The Morgan fingerprint density at radius 2 is 1.71 bits per heavy atom. The summed E-state index contributed by atoms with van der Waals surface area (Å²) in [5.41, 5.74) is 1.96. The molecule has 4 rings (SSSR count). The van der Waals surface area contributed by atoms with E-state index in [-0.39, 0.29) is 17.9 Å². The molecular weight excluding hydrogens is 414 g/mol. The van der Waals surface area contributed by atoms with Gasteiger partial charge in [-0.15, -0.1) is 0 Å². The second-order valence-electron chi connectivity index (χ2n) is 7.35. The molecule has 7 nitrogen and oxygen atoms in total. The molecule has 2 amide bonds. The van der Waals surface area contributed by atoms with E-state index in [1.807, 2.05) is 6.92 Å². The van der Waals surface area contributed by atoms with Crippen LogP contribution in [0.4, 0.5) is 5.69 Å². The topological polar surface area (TPSA) is 87.7 Å². The number of anilines is 1. The summed E-state index contributed by atoms with van der Waals surface area (Å²) in [5.74, 6) is -0.993. The summed E-state index contributed by atoms with van der Waals surface area (Å²) in [6.07, 6.45) is 2.91. The van der Waals surface area contributed by atoms with Gasteiger partial charge in [0.2, 0.25) is 15.9 Å². The normalized spacial score (nSPS) is 16.8. The van der Waals surface area contributed by atoms with Gasteiger partial charge < -0.3 is 0 Å². The zero-order valence-corrected chi connectivity index (χ0v) is 17.7. The van der Waals surface area contributed by atoms with Crippen LogP contribution in [0.3, 0.4) is 0 Å². The van der Waals surface area contributed by atoms with Gasteiger partial charge >= 0.3 is 0 Å². The fourth-order valence-corrected chi connectivity index (χ4v) is 5.14. The van der Waals surface area contributed by atoms with Gasteiger partial charge in [-0.25, -0.2) is 13.3 Å². The first-order chi connectivity index (χ1) is 14.9. The van der Waals surface area contributed by atoms with Crippen LogP contribution in [0.5, 0.6) is 0 Å². The quantitative estimate of drug-likeness (QED) is 0.556. The van der Waals surface area contributed by atoms with Gasteiger partial charge in [0, 0.05) is 18.9 Å². The summed E-state index contributed by atoms with van der Waals surface area (Å²) >= 11 is 0. The van der Waals surface area contributed by atoms with Gasteiger partial charge in [-0.2, -0.15) is 4.31 Å². The van der Waals surface area contributed by atoms with Crippen molar-refractivity contribution in [1.29, 1.82) is 0 Å². The summed E-state index contributed by atoms with van der Waals surface area (Å²) < 4.78 is 28.2. The Morgan fingerprint density at radius 1 is 1.00 bits per heavy atom. The molecular formula is C23H21N3O4S. The van der Waals surface area contributed by atoms with Crippen molar-refractivity contribution >= 4 is 27.5 Å². The molecule has 2 aromatic carbocycles. The number of amides is 2. The first-order valence-electron chi connectivity index (χ1n) is 9.77. The highest BCUT2D eigenvalue weighted by Gasteiger charge is 2.46. The van der Waals surface area contributed by atoms with Crippen molar-refractivity contribution in [2.75, 3.05) is 4.90 Å². The molecule has 0 N–H and O–H groups in total. The standard InChI is InChI=1S/C23H21N3O4S/c1-17-9-11-20(12-10-17)31(29,30)25(16-18-6-5-13-24-15-18)21-14-22(27)26(23(21)28)19-7-3-2-4-8-19/h2-13,15,21H,14,16H2,1H3. The number of carbonyl (C=O) groups excluding carboxylic acids is 2. The van der Waals surface area contributed by atoms with Crippen LogP contribution in [0.25, 0.3) is 0 Å². The van der Waals surface area contributed by atoms with E-state index in [4.69, 9.17) is 0 Å². The Balaban J connectivity index is 1.75. The average molecular weight is 436 g/mol. The molecule has 31 heavy (non-hydrogen) atoms. The van der Waals surface area contributed by atoms with E-state index in [0.717, 1.165) is 14.8 Å². The Hall–Kier alpha value is -3.36. The lowest BCUT2D eigenvalue weighted by Crippen LogP contribution is -2.45. The molecule has 1 atom stereocenters. The van der Waals surface area contributed by atoms with Crippen LogP contribution in [0.1, 0.15) is 17.5 Å². The molecule has 1 saturated heterocycles. The van der Waals surface area contributed by atoms with E-state index >= 15 is 0 Å². The lowest BCUT2D eigenvalue weighted by Gasteiger charge is -2.27. The predicted octanol–water partition coefficient (Wildman–Crippen LogP) is 2.91. The maximum Gasteiger partial charge on any atom is 0.252 e. The van der Waals surface area contributed by atoms with Crippen molar-refractivity contribution in [2.45, 2.75) is 30.8 Å². The van der Waals surface area contributed by atoms with Crippen LogP contribution in [-0.2, 0) is 26.2 Å². The number of sulfonamides is 1. The maximum atomic E-state index is 13.6. The molecule has 8 heteroatoms. The SMILES string of the molecule is Cc1ccc(S(=O)(=O)N(Cc2cccnc2)C2CC(=O)N(c3ccccc3)C2=O)cc1. The van der Waals surface area contributed by atoms with E-state index in [1.165, 1.54) is 12.1 Å². The number of hydrogen-bond donors (Lipinski definition) is 0. The summed E-state index contributed by atoms with van der Waals surface area (Å²) in [7, 11) is -4.06. The van der Waals surface area contributed by atoms with Crippen molar-refractivity contribution in [1.82, 2.24) is 9.29 Å². The fraction of sp³-hybridized carbons (Fsp3) is 0.174. The Morgan fingerprint density at radius 3 is 2.35 bits per heavy atom. The summed E-state index contributed by atoms with van der Waals surface area (Å²) in [4.78, 5) is 31.2. The number of aryl methyl sites for hydroxylation is 1. The minimum Gasteiger partial charge on any atom is -0.274 e. The van der Waals surface area contributed by atoms with Crippen LogP contribution in [0.15, 0.2) is 84.0 Å². The van der Waals surface area contributed by atoms with Gasteiger partial charge in [-0.05, 0) is 42.8 Å². The molecule has 0 radical (unpaired) electrons. The Kier molecular flexibility index (Phi) is 5.67. The highest BCUT2D eigenvalue weighted by Crippen LogP contribution is 2.30. The molecule has 0 aliphatic carbocycles. The number of benzene rings is 2. The lowest BCUT2D eigenvalue weighted by atomic mass is 10.2. The molecule has 1 fully saturated rings. The third-order valence-electron chi connectivity index (χ3n) is 5.17. The van der Waals surface area contributed by atoms with Gasteiger partial charge in [-0.3, -0.25) is 14.6 Å². The summed E-state index contributed by atoms with van der Waals surface area (Å²) in [5, 5.41) is 0. The number of para-hydroxylation sites is 1. The van der Waals surface area contributed by atoms with Crippen molar-refractivity contribution in [2.24, 2.45) is 0 Å². The number of rotatable bonds is 6. The third-order valence-corrected chi connectivity index (χ3v) is 7.04. The zero-order valence-electron chi connectivity index (χ0n) is 16.9.